The first-order valence-corrected chi connectivity index (χ1v) is 7.02. The standard InChI is InChI=1S/C16H8F5N3O2/c1-7-2-3-9(24-22-4-5-23-24)8(6-7)16(25)26-15-13(20)11(18)10(17)12(19)14(15)21/h2-6H,1H3. The third kappa shape index (κ3) is 2.89. The van der Waals surface area contributed by atoms with Crippen molar-refractivity contribution in [2.24, 2.45) is 0 Å². The molecule has 0 bridgehead atoms. The summed E-state index contributed by atoms with van der Waals surface area (Å²) in [4.78, 5) is 13.4. The van der Waals surface area contributed by atoms with Crippen LogP contribution in [0.15, 0.2) is 30.6 Å². The number of carbonyl (C=O) groups is 1. The van der Waals surface area contributed by atoms with E-state index in [1.807, 2.05) is 0 Å². The van der Waals surface area contributed by atoms with Crippen LogP contribution in [0.3, 0.4) is 0 Å². The summed E-state index contributed by atoms with van der Waals surface area (Å²) in [5.41, 5.74) is 0.435. The van der Waals surface area contributed by atoms with Crippen molar-refractivity contribution in [1.82, 2.24) is 15.0 Å². The zero-order chi connectivity index (χ0) is 19.0. The second kappa shape index (κ2) is 6.54. The van der Waals surface area contributed by atoms with E-state index in [0.717, 1.165) is 4.80 Å². The Kier molecular flexibility index (Phi) is 4.41. The summed E-state index contributed by atoms with van der Waals surface area (Å²) in [5.74, 6) is -14.3. The van der Waals surface area contributed by atoms with Gasteiger partial charge < -0.3 is 4.74 Å². The van der Waals surface area contributed by atoms with Gasteiger partial charge in [0.05, 0.1) is 18.0 Å². The second-order valence-electron chi connectivity index (χ2n) is 5.13. The number of halogens is 5. The number of hydrogen-bond donors (Lipinski definition) is 0. The summed E-state index contributed by atoms with van der Waals surface area (Å²) in [6.07, 6.45) is 2.64. The molecule has 10 heteroatoms. The van der Waals surface area contributed by atoms with Gasteiger partial charge in [0, 0.05) is 0 Å². The number of aryl methyl sites for hydroxylation is 1. The summed E-state index contributed by atoms with van der Waals surface area (Å²) in [5, 5.41) is 7.64. The second-order valence-corrected chi connectivity index (χ2v) is 5.13. The maximum absolute atomic E-state index is 13.7. The van der Waals surface area contributed by atoms with Crippen LogP contribution in [0.25, 0.3) is 5.69 Å². The van der Waals surface area contributed by atoms with E-state index in [1.165, 1.54) is 24.5 Å². The molecule has 0 aliphatic rings. The Morgan fingerprint density at radius 3 is 2.04 bits per heavy atom. The third-order valence-corrected chi connectivity index (χ3v) is 3.37. The molecule has 2 aromatic carbocycles. The molecule has 0 amide bonds. The average Bonchev–Trinajstić information content (AvgIpc) is 3.16. The van der Waals surface area contributed by atoms with Gasteiger partial charge in [-0.15, -0.1) is 0 Å². The molecular formula is C16H8F5N3O2. The predicted octanol–water partition coefficient (Wildman–Crippen LogP) is 3.49. The van der Waals surface area contributed by atoms with Gasteiger partial charge in [-0.3, -0.25) is 0 Å². The number of aromatic nitrogens is 3. The summed E-state index contributed by atoms with van der Waals surface area (Å²) in [7, 11) is 0. The lowest BCUT2D eigenvalue weighted by Gasteiger charge is -2.11. The minimum absolute atomic E-state index is 0.0921. The summed E-state index contributed by atoms with van der Waals surface area (Å²) >= 11 is 0. The maximum Gasteiger partial charge on any atom is 0.346 e. The monoisotopic (exact) mass is 369 g/mol. The van der Waals surface area contributed by atoms with E-state index >= 15 is 0 Å². The van der Waals surface area contributed by atoms with E-state index in [4.69, 9.17) is 0 Å². The van der Waals surface area contributed by atoms with Crippen molar-refractivity contribution >= 4 is 5.97 Å². The van der Waals surface area contributed by atoms with E-state index in [0.29, 0.717) is 5.56 Å². The first kappa shape index (κ1) is 17.5. The average molecular weight is 369 g/mol. The molecule has 0 unspecified atom stereocenters. The molecule has 3 rings (SSSR count). The predicted molar refractivity (Wildman–Crippen MR) is 77.3 cm³/mol. The SMILES string of the molecule is Cc1ccc(-n2nccn2)c(C(=O)Oc2c(F)c(F)c(F)c(F)c2F)c1. The van der Waals surface area contributed by atoms with Crippen molar-refractivity contribution in [2.45, 2.75) is 6.92 Å². The molecule has 0 N–H and O–H groups in total. The van der Waals surface area contributed by atoms with Crippen molar-refractivity contribution in [2.75, 3.05) is 0 Å². The molecule has 1 aromatic heterocycles. The molecule has 0 radical (unpaired) electrons. The van der Waals surface area contributed by atoms with Crippen LogP contribution >= 0.6 is 0 Å². The Morgan fingerprint density at radius 2 is 1.46 bits per heavy atom. The minimum Gasteiger partial charge on any atom is -0.416 e. The largest absolute Gasteiger partial charge is 0.416 e. The van der Waals surface area contributed by atoms with Crippen LogP contribution in [0.4, 0.5) is 22.0 Å². The fourth-order valence-corrected chi connectivity index (χ4v) is 2.15. The van der Waals surface area contributed by atoms with E-state index in [1.54, 1.807) is 13.0 Å². The van der Waals surface area contributed by atoms with Crippen LogP contribution in [0.2, 0.25) is 0 Å². The molecule has 1 heterocycles. The molecule has 0 fully saturated rings. The molecule has 0 saturated heterocycles. The van der Waals surface area contributed by atoms with Crippen LogP contribution < -0.4 is 4.74 Å². The number of benzene rings is 2. The van der Waals surface area contributed by atoms with Crippen LogP contribution in [-0.4, -0.2) is 21.0 Å². The number of nitrogens with zero attached hydrogens (tertiary/aromatic N) is 3. The quantitative estimate of drug-likeness (QED) is 0.233. The van der Waals surface area contributed by atoms with Gasteiger partial charge in [0.25, 0.3) is 0 Å². The number of ether oxygens (including phenoxy) is 1. The van der Waals surface area contributed by atoms with Crippen LogP contribution in [0.1, 0.15) is 15.9 Å². The Bertz CT molecular complexity index is 977. The summed E-state index contributed by atoms with van der Waals surface area (Å²) < 4.78 is 71.4. The lowest BCUT2D eigenvalue weighted by molar-refractivity contribution is 0.0715. The van der Waals surface area contributed by atoms with Gasteiger partial charge in [0.15, 0.2) is 0 Å². The normalized spacial score (nSPS) is 10.8. The van der Waals surface area contributed by atoms with Gasteiger partial charge in [-0.1, -0.05) is 11.6 Å². The van der Waals surface area contributed by atoms with Gasteiger partial charge in [-0.05, 0) is 19.1 Å². The molecule has 134 valence electrons. The lowest BCUT2D eigenvalue weighted by Crippen LogP contribution is -2.17. The molecule has 0 atom stereocenters. The highest BCUT2D eigenvalue weighted by Crippen LogP contribution is 2.30. The minimum atomic E-state index is -2.35. The maximum atomic E-state index is 13.7. The van der Waals surface area contributed by atoms with Gasteiger partial charge in [0.1, 0.15) is 5.69 Å². The summed E-state index contributed by atoms with van der Waals surface area (Å²) in [6, 6.07) is 4.34. The van der Waals surface area contributed by atoms with E-state index in [9.17, 15) is 26.7 Å². The van der Waals surface area contributed by atoms with Crippen molar-refractivity contribution in [3.63, 3.8) is 0 Å². The van der Waals surface area contributed by atoms with E-state index in [2.05, 4.69) is 14.9 Å². The van der Waals surface area contributed by atoms with Crippen molar-refractivity contribution in [1.29, 1.82) is 0 Å². The highest BCUT2D eigenvalue weighted by atomic mass is 19.2. The van der Waals surface area contributed by atoms with Crippen molar-refractivity contribution in [3.05, 3.63) is 70.8 Å². The number of esters is 1. The molecular weight excluding hydrogens is 361 g/mol. The highest BCUT2D eigenvalue weighted by Gasteiger charge is 2.29. The first-order valence-electron chi connectivity index (χ1n) is 7.02. The van der Waals surface area contributed by atoms with Gasteiger partial charge in [-0.25, -0.2) is 18.0 Å². The molecule has 0 aliphatic heterocycles. The smallest absolute Gasteiger partial charge is 0.346 e. The Labute approximate surface area is 142 Å². The molecule has 26 heavy (non-hydrogen) atoms. The van der Waals surface area contributed by atoms with E-state index in [-0.39, 0.29) is 11.3 Å². The topological polar surface area (TPSA) is 57.0 Å². The number of carbonyl (C=O) groups excluding carboxylic acids is 1. The van der Waals surface area contributed by atoms with Gasteiger partial charge in [0.2, 0.25) is 34.8 Å². The van der Waals surface area contributed by atoms with Gasteiger partial charge in [-0.2, -0.15) is 23.8 Å². The fourth-order valence-electron chi connectivity index (χ4n) is 2.15. The Balaban J connectivity index is 2.07. The van der Waals surface area contributed by atoms with Crippen LogP contribution in [0.5, 0.6) is 5.75 Å². The van der Waals surface area contributed by atoms with Crippen LogP contribution in [-0.2, 0) is 0 Å². The molecule has 0 spiro atoms. The number of rotatable bonds is 3. The zero-order valence-corrected chi connectivity index (χ0v) is 12.9. The molecule has 0 aliphatic carbocycles. The molecule has 5 nitrogen and oxygen atoms in total. The zero-order valence-electron chi connectivity index (χ0n) is 12.9. The Morgan fingerprint density at radius 1 is 0.923 bits per heavy atom. The third-order valence-electron chi connectivity index (χ3n) is 3.37. The van der Waals surface area contributed by atoms with Crippen molar-refractivity contribution in [3.8, 4) is 11.4 Å². The van der Waals surface area contributed by atoms with Crippen LogP contribution in [0, 0.1) is 36.0 Å². The number of hydrogen-bond acceptors (Lipinski definition) is 4. The highest BCUT2D eigenvalue weighted by molar-refractivity contribution is 5.95. The molecule has 3 aromatic rings. The lowest BCUT2D eigenvalue weighted by atomic mass is 10.1. The molecule has 0 saturated carbocycles. The Hall–Kier alpha value is -3.30. The summed E-state index contributed by atoms with van der Waals surface area (Å²) in [6.45, 7) is 1.62. The van der Waals surface area contributed by atoms with Crippen molar-refractivity contribution < 1.29 is 31.5 Å². The van der Waals surface area contributed by atoms with Gasteiger partial charge >= 0.3 is 5.97 Å². The first-order chi connectivity index (χ1) is 12.3. The fraction of sp³-hybridized carbons (Fsp3) is 0.0625. The van der Waals surface area contributed by atoms with E-state index < -0.39 is 40.8 Å².